The van der Waals surface area contributed by atoms with Crippen LogP contribution in [-0.2, 0) is 5.48 Å². The zero-order valence-corrected chi connectivity index (χ0v) is 7.62. The number of hydrogen-bond acceptors (Lipinski definition) is 0. The maximum Gasteiger partial charge on any atom is 4.00 e. The van der Waals surface area contributed by atoms with Crippen LogP contribution in [0.3, 0.4) is 0 Å². The molecule has 0 aliphatic rings. The van der Waals surface area contributed by atoms with E-state index in [1.807, 2.05) is 0 Å². The fourth-order valence-corrected chi connectivity index (χ4v) is 0. The van der Waals surface area contributed by atoms with Crippen LogP contribution in [0, 0.1) is 0 Å². The Kier molecular flexibility index (Phi) is 180. The molecule has 8 valence electrons. The molecule has 0 heterocycles. The zero-order valence-electron chi connectivity index (χ0n) is 2.19. The van der Waals surface area contributed by atoms with Crippen molar-refractivity contribution in [2.24, 2.45) is 0 Å². The van der Waals surface area contributed by atoms with E-state index in [1.54, 1.807) is 0 Å². The molecule has 0 bridgehead atoms. The molecule has 0 saturated heterocycles. The fraction of sp³-hybridized carbons (Fsp3) is 0. The van der Waals surface area contributed by atoms with Crippen molar-refractivity contribution >= 4 is 64.3 Å². The molecule has 0 spiro atoms. The summed E-state index contributed by atoms with van der Waals surface area (Å²) in [4.78, 5) is 0. The molecule has 4 heteroatoms. The maximum atomic E-state index is 0. The molecule has 0 aromatic rings. The van der Waals surface area contributed by atoms with Crippen LogP contribution in [0.5, 0.6) is 0 Å². The smallest absolute Gasteiger partial charge is 2.00 e. The van der Waals surface area contributed by atoms with Crippen LogP contribution in [0.25, 0.3) is 0 Å². The average Bonchev–Trinajstić information content (AvgIpc) is 0. The van der Waals surface area contributed by atoms with Crippen molar-refractivity contribution in [1.82, 2.24) is 0 Å². The van der Waals surface area contributed by atoms with Crippen molar-refractivity contribution in [1.29, 1.82) is 0 Å². The van der Waals surface area contributed by atoms with Crippen LogP contribution in [0.4, 0.5) is 0 Å². The van der Waals surface area contributed by atoms with Crippen molar-refractivity contribution in [2.75, 3.05) is 0 Å². The Labute approximate surface area is 69.1 Å². The van der Waals surface area contributed by atoms with Gasteiger partial charge < -0.3 is 5.48 Å². The van der Waals surface area contributed by atoms with Crippen LogP contribution in [0.15, 0.2) is 0 Å². The summed E-state index contributed by atoms with van der Waals surface area (Å²) >= 11 is 0. The third kappa shape index (κ3) is 8.96. The largest absolute Gasteiger partial charge is 4.00 e. The van der Waals surface area contributed by atoms with Gasteiger partial charge in [-0.1, -0.05) is 0 Å². The SMILES string of the molecule is [Al+3].[Mg+2].[O-2].[Sn+4]. The van der Waals surface area contributed by atoms with Crippen molar-refractivity contribution in [3.8, 4) is 0 Å². The summed E-state index contributed by atoms with van der Waals surface area (Å²) in [6.07, 6.45) is 0. The van der Waals surface area contributed by atoms with Crippen molar-refractivity contribution in [3.05, 3.63) is 0 Å². The summed E-state index contributed by atoms with van der Waals surface area (Å²) < 4.78 is 0. The van der Waals surface area contributed by atoms with Gasteiger partial charge in [0.1, 0.15) is 0 Å². The predicted molar refractivity (Wildman–Crippen MR) is 17.9 cm³/mol. The summed E-state index contributed by atoms with van der Waals surface area (Å²) in [5, 5.41) is 0. The molecule has 4 heavy (non-hydrogen) atoms. The van der Waals surface area contributed by atoms with Gasteiger partial charge >= 0.3 is 64.3 Å². The van der Waals surface area contributed by atoms with E-state index in [0.29, 0.717) is 0 Å². The molecule has 0 aromatic heterocycles. The first kappa shape index (κ1) is 36.6. The van der Waals surface area contributed by atoms with Crippen LogP contribution < -0.4 is 0 Å². The zero-order chi connectivity index (χ0) is 0. The van der Waals surface area contributed by atoms with E-state index < -0.39 is 0 Å². The molecule has 0 aromatic carbocycles. The predicted octanol–water partition coefficient (Wildman–Crippen LogP) is -1.26. The van der Waals surface area contributed by atoms with E-state index in [4.69, 9.17) is 0 Å². The molecule has 0 saturated carbocycles. The summed E-state index contributed by atoms with van der Waals surface area (Å²) in [6.45, 7) is 0. The van der Waals surface area contributed by atoms with E-state index in [9.17, 15) is 0 Å². The van der Waals surface area contributed by atoms with Crippen LogP contribution in [0.2, 0.25) is 0 Å². The van der Waals surface area contributed by atoms with Gasteiger partial charge in [0.05, 0.1) is 0 Å². The molecule has 0 fully saturated rings. The molecule has 0 amide bonds. The second-order valence-electron chi connectivity index (χ2n) is 0. The Hall–Kier alpha value is 2.06. The Morgan fingerprint density at radius 1 is 1.00 bits per heavy atom. The Morgan fingerprint density at radius 3 is 1.00 bits per heavy atom. The number of hydrogen-bond donors (Lipinski definition) is 0. The minimum absolute atomic E-state index is 0. The summed E-state index contributed by atoms with van der Waals surface area (Å²) in [6, 6.07) is 0. The molecular formula is AlMgOSn+7. The van der Waals surface area contributed by atoms with Gasteiger partial charge in [-0.05, 0) is 0 Å². The summed E-state index contributed by atoms with van der Waals surface area (Å²) in [5.74, 6) is 0. The van der Waals surface area contributed by atoms with Gasteiger partial charge in [0.15, 0.2) is 0 Å². The fourth-order valence-electron chi connectivity index (χ4n) is 0. The Morgan fingerprint density at radius 2 is 1.00 bits per heavy atom. The van der Waals surface area contributed by atoms with Gasteiger partial charge in [-0.2, -0.15) is 0 Å². The topological polar surface area (TPSA) is 28.5 Å². The molecule has 0 unspecified atom stereocenters. The molecule has 0 aliphatic carbocycles. The first-order valence-electron chi connectivity index (χ1n) is 0. The molecule has 0 aliphatic heterocycles. The van der Waals surface area contributed by atoms with E-state index in [2.05, 4.69) is 0 Å². The third-order valence-electron chi connectivity index (χ3n) is 0. The average molecular weight is 186 g/mol. The van der Waals surface area contributed by atoms with Gasteiger partial charge in [0.25, 0.3) is 0 Å². The second-order valence-corrected chi connectivity index (χ2v) is 0. The molecule has 0 radical (unpaired) electrons. The normalized spacial score (nSPS) is 0. The Bertz CT molecular complexity index is 8.00. The number of rotatable bonds is 0. The van der Waals surface area contributed by atoms with Gasteiger partial charge in [0, 0.05) is 0 Å². The van der Waals surface area contributed by atoms with Crippen LogP contribution in [0.1, 0.15) is 0 Å². The van der Waals surface area contributed by atoms with Gasteiger partial charge in [-0.15, -0.1) is 0 Å². The van der Waals surface area contributed by atoms with Gasteiger partial charge in [-0.25, -0.2) is 0 Å². The van der Waals surface area contributed by atoms with E-state index in [1.165, 1.54) is 0 Å². The van der Waals surface area contributed by atoms with E-state index in [-0.39, 0.29) is 69.8 Å². The minimum atomic E-state index is 0. The minimum Gasteiger partial charge on any atom is -2.00 e. The third-order valence-corrected chi connectivity index (χ3v) is 0. The van der Waals surface area contributed by atoms with Crippen molar-refractivity contribution in [3.63, 3.8) is 0 Å². The van der Waals surface area contributed by atoms with Crippen LogP contribution in [-0.4, -0.2) is 64.3 Å². The van der Waals surface area contributed by atoms with Gasteiger partial charge in [0.2, 0.25) is 0 Å². The maximum absolute atomic E-state index is 0. The second kappa shape index (κ2) is 19.7. The van der Waals surface area contributed by atoms with Crippen LogP contribution >= 0.6 is 0 Å². The molecular weight excluding hydrogens is 186 g/mol. The summed E-state index contributed by atoms with van der Waals surface area (Å²) in [5.41, 5.74) is 0. The molecule has 0 atom stereocenters. The monoisotopic (exact) mass is 187 g/mol. The first-order valence-corrected chi connectivity index (χ1v) is 0. The first-order chi connectivity index (χ1) is 0. The van der Waals surface area contributed by atoms with Crippen molar-refractivity contribution in [2.45, 2.75) is 0 Å². The van der Waals surface area contributed by atoms with E-state index in [0.717, 1.165) is 0 Å². The Balaban J connectivity index is 0. The van der Waals surface area contributed by atoms with Crippen molar-refractivity contribution < 1.29 is 5.48 Å². The molecule has 0 N–H and O–H groups in total. The molecule has 0 rings (SSSR count). The quantitative estimate of drug-likeness (QED) is 0.422. The summed E-state index contributed by atoms with van der Waals surface area (Å²) in [7, 11) is 0. The van der Waals surface area contributed by atoms with E-state index >= 15 is 0 Å². The van der Waals surface area contributed by atoms with Gasteiger partial charge in [-0.3, -0.25) is 0 Å². The molecule has 1 nitrogen and oxygen atoms in total. The standard InChI is InChI=1S/Al.Mg.O.Sn/q+3;+2;-2;+4.